The van der Waals surface area contributed by atoms with Crippen LogP contribution in [0.4, 0.5) is 0 Å². The van der Waals surface area contributed by atoms with Gasteiger partial charge < -0.3 is 14.5 Å². The zero-order valence-corrected chi connectivity index (χ0v) is 15.1. The van der Waals surface area contributed by atoms with Crippen LogP contribution in [-0.2, 0) is 21.5 Å². The minimum atomic E-state index is -0.533. The third-order valence-corrected chi connectivity index (χ3v) is 5.21. The van der Waals surface area contributed by atoms with E-state index in [-0.39, 0.29) is 5.91 Å². The lowest BCUT2D eigenvalue weighted by molar-refractivity contribution is -0.130. The van der Waals surface area contributed by atoms with Crippen LogP contribution in [-0.4, -0.2) is 24.1 Å². The van der Waals surface area contributed by atoms with E-state index in [4.69, 9.17) is 9.15 Å². The fourth-order valence-corrected chi connectivity index (χ4v) is 3.65. The number of carbonyl (C=O) groups is 1. The highest BCUT2D eigenvalue weighted by Crippen LogP contribution is 2.35. The summed E-state index contributed by atoms with van der Waals surface area (Å²) in [7, 11) is 0. The highest BCUT2D eigenvalue weighted by atomic mass is 16.5. The second-order valence-electron chi connectivity index (χ2n) is 6.84. The summed E-state index contributed by atoms with van der Waals surface area (Å²) in [6.07, 6.45) is 8.28. The number of hydrogen-bond acceptors (Lipinski definition) is 4. The van der Waals surface area contributed by atoms with Gasteiger partial charge in [-0.2, -0.15) is 0 Å². The zero-order valence-electron chi connectivity index (χ0n) is 15.1. The van der Waals surface area contributed by atoms with Crippen molar-refractivity contribution in [2.75, 3.05) is 13.2 Å². The minimum absolute atomic E-state index is 0.0470. The summed E-state index contributed by atoms with van der Waals surface area (Å²) in [5.41, 5.74) is 3.42. The van der Waals surface area contributed by atoms with Crippen molar-refractivity contribution in [2.24, 2.45) is 0 Å². The Morgan fingerprint density at radius 3 is 2.63 bits per heavy atom. The number of amides is 1. The van der Waals surface area contributed by atoms with Gasteiger partial charge in [-0.1, -0.05) is 30.3 Å². The van der Waals surface area contributed by atoms with E-state index in [1.807, 2.05) is 42.5 Å². The van der Waals surface area contributed by atoms with Gasteiger partial charge in [-0.3, -0.25) is 9.78 Å². The standard InChI is InChI=1S/C22H22N2O3/c25-21(22(7-10-26-11-8-22)20-4-2-1-3-5-20)24-14-17-12-19(15-23-13-17)18-6-9-27-16-18/h1-6,9,12-13,15-16H,7-8,10-11,14H2,(H,24,25). The van der Waals surface area contributed by atoms with Gasteiger partial charge in [-0.15, -0.1) is 0 Å². The maximum absolute atomic E-state index is 13.2. The van der Waals surface area contributed by atoms with E-state index < -0.39 is 5.41 Å². The van der Waals surface area contributed by atoms with Crippen LogP contribution in [0.15, 0.2) is 71.8 Å². The lowest BCUT2D eigenvalue weighted by Crippen LogP contribution is -2.47. The molecule has 1 aliphatic rings. The van der Waals surface area contributed by atoms with Crippen LogP contribution in [0.2, 0.25) is 0 Å². The molecule has 0 unspecified atom stereocenters. The van der Waals surface area contributed by atoms with E-state index in [9.17, 15) is 4.79 Å². The third-order valence-electron chi connectivity index (χ3n) is 5.21. The summed E-state index contributed by atoms with van der Waals surface area (Å²) in [4.78, 5) is 17.5. The summed E-state index contributed by atoms with van der Waals surface area (Å²) in [5, 5.41) is 3.12. The molecule has 1 aromatic carbocycles. The molecule has 0 saturated carbocycles. The molecule has 0 radical (unpaired) electrons. The van der Waals surface area contributed by atoms with E-state index in [0.717, 1.165) is 22.3 Å². The Kier molecular flexibility index (Phi) is 5.03. The highest BCUT2D eigenvalue weighted by molar-refractivity contribution is 5.88. The number of ether oxygens (including phenoxy) is 1. The largest absolute Gasteiger partial charge is 0.472 e. The Labute approximate surface area is 158 Å². The second-order valence-corrected chi connectivity index (χ2v) is 6.84. The molecule has 0 bridgehead atoms. The molecule has 2 aromatic heterocycles. The number of hydrogen-bond donors (Lipinski definition) is 1. The summed E-state index contributed by atoms with van der Waals surface area (Å²) in [5.74, 6) is 0.0470. The van der Waals surface area contributed by atoms with Crippen molar-refractivity contribution in [3.63, 3.8) is 0 Å². The normalized spacial score (nSPS) is 16.0. The topological polar surface area (TPSA) is 64.4 Å². The molecule has 5 heteroatoms. The quantitative estimate of drug-likeness (QED) is 0.752. The van der Waals surface area contributed by atoms with Gasteiger partial charge in [0, 0.05) is 43.3 Å². The molecule has 0 spiro atoms. The van der Waals surface area contributed by atoms with E-state index in [0.29, 0.717) is 32.6 Å². The molecule has 3 heterocycles. The minimum Gasteiger partial charge on any atom is -0.472 e. The van der Waals surface area contributed by atoms with Crippen LogP contribution < -0.4 is 5.32 Å². The van der Waals surface area contributed by atoms with Gasteiger partial charge in [-0.05, 0) is 36.1 Å². The number of pyridine rings is 1. The summed E-state index contributed by atoms with van der Waals surface area (Å²) in [6, 6.07) is 13.9. The summed E-state index contributed by atoms with van der Waals surface area (Å²) < 4.78 is 10.7. The first-order valence-corrected chi connectivity index (χ1v) is 9.16. The van der Waals surface area contributed by atoms with Crippen LogP contribution in [0, 0.1) is 0 Å². The van der Waals surface area contributed by atoms with Crippen LogP contribution >= 0.6 is 0 Å². The molecular weight excluding hydrogens is 340 g/mol. The lowest BCUT2D eigenvalue weighted by Gasteiger charge is -2.36. The number of benzene rings is 1. The Morgan fingerprint density at radius 1 is 1.07 bits per heavy atom. The van der Waals surface area contributed by atoms with Crippen molar-refractivity contribution < 1.29 is 13.9 Å². The fourth-order valence-electron chi connectivity index (χ4n) is 3.65. The van der Waals surface area contributed by atoms with Gasteiger partial charge in [0.05, 0.1) is 17.9 Å². The SMILES string of the molecule is O=C(NCc1cncc(-c2ccoc2)c1)C1(c2ccccc2)CCOCC1. The van der Waals surface area contributed by atoms with Crippen molar-refractivity contribution in [3.8, 4) is 11.1 Å². The van der Waals surface area contributed by atoms with Crippen molar-refractivity contribution in [1.29, 1.82) is 0 Å². The summed E-state index contributed by atoms with van der Waals surface area (Å²) >= 11 is 0. The molecule has 138 valence electrons. The molecule has 3 aromatic rings. The van der Waals surface area contributed by atoms with Gasteiger partial charge in [0.25, 0.3) is 0 Å². The van der Waals surface area contributed by atoms with E-state index in [1.165, 1.54) is 0 Å². The molecule has 1 saturated heterocycles. The van der Waals surface area contributed by atoms with Crippen molar-refractivity contribution in [2.45, 2.75) is 24.8 Å². The van der Waals surface area contributed by atoms with Crippen LogP contribution in [0.3, 0.4) is 0 Å². The first-order chi connectivity index (χ1) is 13.3. The number of furan rings is 1. The number of carbonyl (C=O) groups excluding carboxylic acids is 1. The number of rotatable bonds is 5. The number of nitrogens with zero attached hydrogens (tertiary/aromatic N) is 1. The Morgan fingerprint density at radius 2 is 1.89 bits per heavy atom. The molecule has 4 rings (SSSR count). The molecule has 27 heavy (non-hydrogen) atoms. The van der Waals surface area contributed by atoms with Crippen LogP contribution in [0.5, 0.6) is 0 Å². The van der Waals surface area contributed by atoms with Crippen LogP contribution in [0.25, 0.3) is 11.1 Å². The Bertz CT molecular complexity index is 885. The molecule has 1 amide bonds. The van der Waals surface area contributed by atoms with Gasteiger partial charge in [0.15, 0.2) is 0 Å². The zero-order chi connectivity index (χ0) is 18.5. The second kappa shape index (κ2) is 7.76. The van der Waals surface area contributed by atoms with Gasteiger partial charge >= 0.3 is 0 Å². The highest BCUT2D eigenvalue weighted by Gasteiger charge is 2.41. The van der Waals surface area contributed by atoms with Gasteiger partial charge in [0.1, 0.15) is 0 Å². The van der Waals surface area contributed by atoms with Gasteiger partial charge in [-0.25, -0.2) is 0 Å². The first-order valence-electron chi connectivity index (χ1n) is 9.16. The van der Waals surface area contributed by atoms with E-state index >= 15 is 0 Å². The van der Waals surface area contributed by atoms with Crippen LogP contribution in [0.1, 0.15) is 24.0 Å². The molecule has 1 aliphatic heterocycles. The molecule has 0 aliphatic carbocycles. The third kappa shape index (κ3) is 3.64. The number of aromatic nitrogens is 1. The van der Waals surface area contributed by atoms with Crippen molar-refractivity contribution in [3.05, 3.63) is 78.5 Å². The van der Waals surface area contributed by atoms with Crippen molar-refractivity contribution >= 4 is 5.91 Å². The average molecular weight is 362 g/mol. The fraction of sp³-hybridized carbons (Fsp3) is 0.273. The maximum Gasteiger partial charge on any atom is 0.231 e. The molecular formula is C22H22N2O3. The van der Waals surface area contributed by atoms with Gasteiger partial charge in [0.2, 0.25) is 5.91 Å². The van der Waals surface area contributed by atoms with E-state index in [1.54, 1.807) is 24.9 Å². The molecule has 1 fully saturated rings. The molecule has 1 N–H and O–H groups in total. The summed E-state index contributed by atoms with van der Waals surface area (Å²) in [6.45, 7) is 1.63. The Balaban J connectivity index is 1.52. The predicted octanol–water partition coefficient (Wildman–Crippen LogP) is 3.71. The monoisotopic (exact) mass is 362 g/mol. The maximum atomic E-state index is 13.2. The Hall–Kier alpha value is -2.92. The average Bonchev–Trinajstić information content (AvgIpc) is 3.28. The van der Waals surface area contributed by atoms with E-state index in [2.05, 4.69) is 10.3 Å². The molecule has 5 nitrogen and oxygen atoms in total. The molecule has 0 atom stereocenters. The lowest BCUT2D eigenvalue weighted by atomic mass is 9.73. The first kappa shape index (κ1) is 17.5. The smallest absolute Gasteiger partial charge is 0.231 e. The van der Waals surface area contributed by atoms with Crippen molar-refractivity contribution in [1.82, 2.24) is 10.3 Å². The number of nitrogens with one attached hydrogen (secondary N) is 1. The predicted molar refractivity (Wildman–Crippen MR) is 102 cm³/mol.